The third-order valence-electron chi connectivity index (χ3n) is 4.18. The van der Waals surface area contributed by atoms with Crippen LogP contribution in [-0.2, 0) is 20.9 Å². The molecule has 6 heteroatoms. The Labute approximate surface area is 142 Å². The highest BCUT2D eigenvalue weighted by molar-refractivity contribution is 5.75. The van der Waals surface area contributed by atoms with Crippen molar-refractivity contribution in [3.63, 3.8) is 0 Å². The molecule has 1 aliphatic heterocycles. The largest absolute Gasteiger partial charge is 0.465 e. The van der Waals surface area contributed by atoms with Gasteiger partial charge in [-0.25, -0.2) is 4.79 Å². The summed E-state index contributed by atoms with van der Waals surface area (Å²) in [6, 6.07) is 8.77. The lowest BCUT2D eigenvalue weighted by Gasteiger charge is -2.35. The van der Waals surface area contributed by atoms with Crippen molar-refractivity contribution in [3.05, 3.63) is 35.9 Å². The lowest BCUT2D eigenvalue weighted by atomic mass is 9.96. The molecule has 2 atom stereocenters. The fraction of sp³-hybridized carbons (Fsp3) is 0.556. The monoisotopic (exact) mass is 334 g/mol. The van der Waals surface area contributed by atoms with Gasteiger partial charge >= 0.3 is 12.1 Å². The van der Waals surface area contributed by atoms with E-state index < -0.39 is 12.0 Å². The molecule has 24 heavy (non-hydrogen) atoms. The number of likely N-dealkylation sites (tertiary alicyclic amines) is 1. The molecule has 1 aromatic rings. The van der Waals surface area contributed by atoms with Gasteiger partial charge in [0.2, 0.25) is 0 Å². The van der Waals surface area contributed by atoms with Gasteiger partial charge in [-0.3, -0.25) is 4.79 Å². The van der Waals surface area contributed by atoms with Gasteiger partial charge in [-0.15, -0.1) is 0 Å². The van der Waals surface area contributed by atoms with Gasteiger partial charge in [-0.1, -0.05) is 30.3 Å². The first-order valence-electron chi connectivity index (χ1n) is 8.51. The van der Waals surface area contributed by atoms with Crippen LogP contribution in [0, 0.1) is 0 Å². The summed E-state index contributed by atoms with van der Waals surface area (Å²) in [7, 11) is 0. The molecular weight excluding hydrogens is 308 g/mol. The van der Waals surface area contributed by atoms with Crippen LogP contribution in [0.2, 0.25) is 0 Å². The number of benzene rings is 1. The first-order valence-corrected chi connectivity index (χ1v) is 8.51. The van der Waals surface area contributed by atoms with Crippen molar-refractivity contribution in [3.8, 4) is 0 Å². The van der Waals surface area contributed by atoms with E-state index in [2.05, 4.69) is 0 Å². The molecule has 1 fully saturated rings. The molecule has 1 aromatic carbocycles. The molecule has 1 saturated heterocycles. The lowest BCUT2D eigenvalue weighted by molar-refractivity contribution is -0.145. The molecule has 0 aromatic heterocycles. The average Bonchev–Trinajstić information content (AvgIpc) is 2.61. The van der Waals surface area contributed by atoms with E-state index >= 15 is 0 Å². The average molecular weight is 334 g/mol. The number of carbonyl (C=O) groups is 2. The molecule has 1 aliphatic rings. The lowest BCUT2D eigenvalue weighted by Crippen LogP contribution is -2.48. The summed E-state index contributed by atoms with van der Waals surface area (Å²) in [5.74, 6) is -0.416. The van der Waals surface area contributed by atoms with Crippen LogP contribution in [0.4, 0.5) is 4.79 Å². The maximum absolute atomic E-state index is 12.4. The molecule has 2 rings (SSSR count). The smallest absolute Gasteiger partial charge is 0.410 e. The van der Waals surface area contributed by atoms with Gasteiger partial charge in [0.05, 0.1) is 6.61 Å². The Bertz CT molecular complexity index is 535. The number of nitrogens with zero attached hydrogens (tertiary/aromatic N) is 1. The number of esters is 1. The Morgan fingerprint density at radius 1 is 1.25 bits per heavy atom. The summed E-state index contributed by atoms with van der Waals surface area (Å²) in [6.45, 7) is 2.93. The summed E-state index contributed by atoms with van der Waals surface area (Å²) in [5, 5.41) is 0. The number of amides is 1. The van der Waals surface area contributed by atoms with Crippen LogP contribution in [0.1, 0.15) is 38.2 Å². The SMILES string of the molecule is CCOC(=O)C(N)CC1CCCCN1C(=O)OCc1ccccc1. The highest BCUT2D eigenvalue weighted by Gasteiger charge is 2.31. The van der Waals surface area contributed by atoms with Crippen LogP contribution >= 0.6 is 0 Å². The zero-order valence-corrected chi connectivity index (χ0v) is 14.1. The number of piperidine rings is 1. The maximum Gasteiger partial charge on any atom is 0.410 e. The minimum absolute atomic E-state index is 0.0820. The maximum atomic E-state index is 12.4. The highest BCUT2D eigenvalue weighted by atomic mass is 16.6. The Balaban J connectivity index is 1.90. The van der Waals surface area contributed by atoms with Crippen LogP contribution in [0.25, 0.3) is 0 Å². The Hall–Kier alpha value is -2.08. The van der Waals surface area contributed by atoms with Crippen LogP contribution < -0.4 is 5.73 Å². The van der Waals surface area contributed by atoms with Crippen LogP contribution in [0.3, 0.4) is 0 Å². The number of ether oxygens (including phenoxy) is 2. The fourth-order valence-corrected chi connectivity index (χ4v) is 2.93. The number of hydrogen-bond donors (Lipinski definition) is 1. The van der Waals surface area contributed by atoms with E-state index in [1.54, 1.807) is 11.8 Å². The van der Waals surface area contributed by atoms with Gasteiger partial charge in [0.15, 0.2) is 0 Å². The first-order chi connectivity index (χ1) is 11.6. The number of hydrogen-bond acceptors (Lipinski definition) is 5. The summed E-state index contributed by atoms with van der Waals surface area (Å²) in [6.07, 6.45) is 2.83. The van der Waals surface area contributed by atoms with E-state index in [-0.39, 0.29) is 18.7 Å². The molecule has 0 radical (unpaired) electrons. The molecule has 2 unspecified atom stereocenters. The molecule has 1 amide bonds. The number of carbonyl (C=O) groups excluding carboxylic acids is 2. The first kappa shape index (κ1) is 18.3. The molecule has 132 valence electrons. The van der Waals surface area contributed by atoms with E-state index in [0.717, 1.165) is 24.8 Å². The van der Waals surface area contributed by atoms with Gasteiger partial charge in [-0.2, -0.15) is 0 Å². The van der Waals surface area contributed by atoms with Crippen LogP contribution in [-0.4, -0.2) is 42.2 Å². The highest BCUT2D eigenvalue weighted by Crippen LogP contribution is 2.22. The van der Waals surface area contributed by atoms with E-state index in [1.807, 2.05) is 30.3 Å². The van der Waals surface area contributed by atoms with E-state index in [0.29, 0.717) is 19.6 Å². The predicted molar refractivity (Wildman–Crippen MR) is 90.2 cm³/mol. The molecule has 1 heterocycles. The molecule has 0 aliphatic carbocycles. The Kier molecular flexibility index (Phi) is 7.06. The van der Waals surface area contributed by atoms with Crippen LogP contribution in [0.5, 0.6) is 0 Å². The minimum Gasteiger partial charge on any atom is -0.465 e. The standard InChI is InChI=1S/C18H26N2O4/c1-2-23-17(21)16(19)12-15-10-6-7-11-20(15)18(22)24-13-14-8-4-3-5-9-14/h3-5,8-9,15-16H,2,6-7,10-13,19H2,1H3. The second-order valence-electron chi connectivity index (χ2n) is 5.98. The van der Waals surface area contributed by atoms with Gasteiger partial charge in [-0.05, 0) is 38.2 Å². The number of rotatable bonds is 6. The topological polar surface area (TPSA) is 81.9 Å². The second kappa shape index (κ2) is 9.27. The second-order valence-corrected chi connectivity index (χ2v) is 5.98. The third-order valence-corrected chi connectivity index (χ3v) is 4.18. The quantitative estimate of drug-likeness (QED) is 0.808. The van der Waals surface area contributed by atoms with Gasteiger partial charge in [0.1, 0.15) is 12.6 Å². The molecular formula is C18H26N2O4. The summed E-state index contributed by atoms with van der Waals surface area (Å²) >= 11 is 0. The van der Waals surface area contributed by atoms with E-state index in [4.69, 9.17) is 15.2 Å². The fourth-order valence-electron chi connectivity index (χ4n) is 2.93. The number of nitrogens with two attached hydrogens (primary N) is 1. The summed E-state index contributed by atoms with van der Waals surface area (Å²) in [4.78, 5) is 25.8. The van der Waals surface area contributed by atoms with Crippen molar-refractivity contribution in [2.45, 2.75) is 51.3 Å². The van der Waals surface area contributed by atoms with Crippen LogP contribution in [0.15, 0.2) is 30.3 Å². The normalized spacial score (nSPS) is 18.8. The minimum atomic E-state index is -0.711. The van der Waals surface area contributed by atoms with E-state index in [1.165, 1.54) is 0 Å². The van der Waals surface area contributed by atoms with Crippen molar-refractivity contribution in [2.75, 3.05) is 13.2 Å². The van der Waals surface area contributed by atoms with E-state index in [9.17, 15) is 9.59 Å². The van der Waals surface area contributed by atoms with Crippen molar-refractivity contribution < 1.29 is 19.1 Å². The molecule has 0 bridgehead atoms. The van der Waals surface area contributed by atoms with Gasteiger partial charge in [0, 0.05) is 12.6 Å². The molecule has 2 N–H and O–H groups in total. The Morgan fingerprint density at radius 3 is 2.71 bits per heavy atom. The molecule has 0 saturated carbocycles. The molecule has 0 spiro atoms. The third kappa shape index (κ3) is 5.23. The van der Waals surface area contributed by atoms with Crippen molar-refractivity contribution >= 4 is 12.1 Å². The molecule has 6 nitrogen and oxygen atoms in total. The zero-order chi connectivity index (χ0) is 17.4. The van der Waals surface area contributed by atoms with Crippen molar-refractivity contribution in [1.29, 1.82) is 0 Å². The van der Waals surface area contributed by atoms with Crippen molar-refractivity contribution in [2.24, 2.45) is 5.73 Å². The zero-order valence-electron chi connectivity index (χ0n) is 14.1. The van der Waals surface area contributed by atoms with Crippen molar-refractivity contribution in [1.82, 2.24) is 4.90 Å². The Morgan fingerprint density at radius 2 is 2.00 bits per heavy atom. The summed E-state index contributed by atoms with van der Waals surface area (Å²) < 4.78 is 10.4. The van der Waals surface area contributed by atoms with Gasteiger partial charge < -0.3 is 20.1 Å². The van der Waals surface area contributed by atoms with Gasteiger partial charge in [0.25, 0.3) is 0 Å². The predicted octanol–water partition coefficient (Wildman–Crippen LogP) is 2.46. The summed E-state index contributed by atoms with van der Waals surface area (Å²) in [5.41, 5.74) is 6.86.